The topological polar surface area (TPSA) is 54.3 Å². The predicted octanol–water partition coefficient (Wildman–Crippen LogP) is 1.73. The first-order valence-electron chi connectivity index (χ1n) is 8.60. The van der Waals surface area contributed by atoms with Crippen LogP contribution >= 0.6 is 0 Å². The molecule has 0 bridgehead atoms. The van der Waals surface area contributed by atoms with Crippen LogP contribution in [0.4, 0.5) is 0 Å². The Bertz CT molecular complexity index is 674. The number of aryl methyl sites for hydroxylation is 1. The zero-order valence-electron chi connectivity index (χ0n) is 14.5. The van der Waals surface area contributed by atoms with Crippen molar-refractivity contribution in [1.82, 2.24) is 24.6 Å². The molecule has 3 heterocycles. The van der Waals surface area contributed by atoms with Crippen molar-refractivity contribution in [2.24, 2.45) is 7.05 Å². The fraction of sp³-hybridized carbons (Fsp3) is 0.500. The van der Waals surface area contributed by atoms with Gasteiger partial charge in [0.05, 0.1) is 17.5 Å². The third kappa shape index (κ3) is 3.64. The zero-order valence-corrected chi connectivity index (χ0v) is 14.5. The number of piperazine rings is 1. The summed E-state index contributed by atoms with van der Waals surface area (Å²) in [5, 5.41) is 4.27. The second kappa shape index (κ2) is 7.57. The molecule has 0 spiro atoms. The van der Waals surface area contributed by atoms with Gasteiger partial charge in [-0.15, -0.1) is 0 Å². The van der Waals surface area contributed by atoms with Gasteiger partial charge in [0.15, 0.2) is 0 Å². The van der Waals surface area contributed by atoms with Crippen LogP contribution in [0.5, 0.6) is 0 Å². The summed E-state index contributed by atoms with van der Waals surface area (Å²) < 4.78 is 1.83. The van der Waals surface area contributed by atoms with E-state index in [-0.39, 0.29) is 5.91 Å². The quantitative estimate of drug-likeness (QED) is 0.839. The minimum Gasteiger partial charge on any atom is -0.336 e. The van der Waals surface area contributed by atoms with Crippen LogP contribution < -0.4 is 0 Å². The lowest BCUT2D eigenvalue weighted by molar-refractivity contribution is 0.0627. The molecule has 3 rings (SSSR count). The van der Waals surface area contributed by atoms with Crippen molar-refractivity contribution in [2.75, 3.05) is 26.2 Å². The lowest BCUT2D eigenvalue weighted by atomic mass is 10.1. The zero-order chi connectivity index (χ0) is 16.9. The molecule has 2 aromatic rings. The Hall–Kier alpha value is -2.21. The first-order valence-corrected chi connectivity index (χ1v) is 8.60. The van der Waals surface area contributed by atoms with Gasteiger partial charge in [0, 0.05) is 52.2 Å². The number of hydrogen-bond acceptors (Lipinski definition) is 4. The van der Waals surface area contributed by atoms with Gasteiger partial charge in [0.25, 0.3) is 5.91 Å². The number of nitrogens with zero attached hydrogens (tertiary/aromatic N) is 5. The molecular formula is C18H25N5O. The summed E-state index contributed by atoms with van der Waals surface area (Å²) in [7, 11) is 1.91. The van der Waals surface area contributed by atoms with Gasteiger partial charge in [-0.25, -0.2) is 0 Å². The molecule has 0 saturated carbocycles. The maximum atomic E-state index is 12.8. The molecule has 2 aromatic heterocycles. The first-order chi connectivity index (χ1) is 11.7. The third-order valence-electron chi connectivity index (χ3n) is 4.59. The highest BCUT2D eigenvalue weighted by molar-refractivity contribution is 5.95. The minimum absolute atomic E-state index is 0.120. The Labute approximate surface area is 143 Å². The van der Waals surface area contributed by atoms with E-state index in [1.54, 1.807) is 6.20 Å². The fourth-order valence-corrected chi connectivity index (χ4v) is 3.20. The van der Waals surface area contributed by atoms with Gasteiger partial charge in [0.2, 0.25) is 0 Å². The van der Waals surface area contributed by atoms with E-state index in [9.17, 15) is 4.79 Å². The van der Waals surface area contributed by atoms with E-state index in [1.807, 2.05) is 41.2 Å². The molecule has 1 aliphatic rings. The maximum Gasteiger partial charge on any atom is 0.257 e. The maximum absolute atomic E-state index is 12.8. The average Bonchev–Trinajstić information content (AvgIpc) is 2.97. The summed E-state index contributed by atoms with van der Waals surface area (Å²) in [6.45, 7) is 6.38. The predicted molar refractivity (Wildman–Crippen MR) is 92.6 cm³/mol. The molecule has 128 valence electrons. The van der Waals surface area contributed by atoms with Gasteiger partial charge in [-0.2, -0.15) is 5.10 Å². The van der Waals surface area contributed by atoms with Gasteiger partial charge in [-0.1, -0.05) is 13.3 Å². The number of amides is 1. The summed E-state index contributed by atoms with van der Waals surface area (Å²) in [6, 6.07) is 4.09. The van der Waals surface area contributed by atoms with Gasteiger partial charge < -0.3 is 4.90 Å². The SMILES string of the molecule is CCCc1c(C(=O)N2CCN(Cc3ccncc3)CC2)cnn1C. The van der Waals surface area contributed by atoms with Crippen LogP contribution in [0.15, 0.2) is 30.7 Å². The summed E-state index contributed by atoms with van der Waals surface area (Å²) in [6.07, 6.45) is 7.27. The molecule has 1 aliphatic heterocycles. The number of pyridine rings is 1. The molecule has 1 amide bonds. The number of aromatic nitrogens is 3. The summed E-state index contributed by atoms with van der Waals surface area (Å²) in [5.74, 6) is 0.120. The standard InChI is InChI=1S/C18H25N5O/c1-3-4-17-16(13-20-21(17)2)18(24)23-11-9-22(10-12-23)14-15-5-7-19-8-6-15/h5-8,13H,3-4,9-12,14H2,1-2H3. The van der Waals surface area contributed by atoms with Crippen LogP contribution in [-0.4, -0.2) is 56.7 Å². The first kappa shape index (κ1) is 16.6. The van der Waals surface area contributed by atoms with Crippen molar-refractivity contribution in [2.45, 2.75) is 26.3 Å². The molecule has 24 heavy (non-hydrogen) atoms. The Balaban J connectivity index is 1.59. The van der Waals surface area contributed by atoms with Crippen molar-refractivity contribution in [1.29, 1.82) is 0 Å². The molecule has 0 aliphatic carbocycles. The van der Waals surface area contributed by atoms with Gasteiger partial charge in [-0.05, 0) is 24.1 Å². The van der Waals surface area contributed by atoms with Crippen LogP contribution in [-0.2, 0) is 20.0 Å². The van der Waals surface area contributed by atoms with Crippen molar-refractivity contribution < 1.29 is 4.79 Å². The lowest BCUT2D eigenvalue weighted by Gasteiger charge is -2.34. The second-order valence-electron chi connectivity index (χ2n) is 6.30. The van der Waals surface area contributed by atoms with Crippen molar-refractivity contribution >= 4 is 5.91 Å². The van der Waals surface area contributed by atoms with E-state index >= 15 is 0 Å². The van der Waals surface area contributed by atoms with Crippen molar-refractivity contribution in [3.63, 3.8) is 0 Å². The van der Waals surface area contributed by atoms with Crippen molar-refractivity contribution in [3.05, 3.63) is 47.5 Å². The normalized spacial score (nSPS) is 15.7. The highest BCUT2D eigenvalue weighted by Gasteiger charge is 2.25. The van der Waals surface area contributed by atoms with E-state index in [4.69, 9.17) is 0 Å². The molecule has 1 fully saturated rings. The molecule has 6 heteroatoms. The summed E-state index contributed by atoms with van der Waals surface area (Å²) in [5.41, 5.74) is 3.07. The lowest BCUT2D eigenvalue weighted by Crippen LogP contribution is -2.48. The van der Waals surface area contributed by atoms with Gasteiger partial charge in [-0.3, -0.25) is 19.4 Å². The molecule has 0 aromatic carbocycles. The summed E-state index contributed by atoms with van der Waals surface area (Å²) in [4.78, 5) is 21.2. The largest absolute Gasteiger partial charge is 0.336 e. The highest BCUT2D eigenvalue weighted by Crippen LogP contribution is 2.15. The Morgan fingerprint density at radius 3 is 2.54 bits per heavy atom. The molecule has 0 unspecified atom stereocenters. The molecule has 6 nitrogen and oxygen atoms in total. The van der Waals surface area contributed by atoms with Crippen molar-refractivity contribution in [3.8, 4) is 0 Å². The number of carbonyl (C=O) groups is 1. The molecule has 1 saturated heterocycles. The van der Waals surface area contributed by atoms with Crippen LogP contribution in [0.25, 0.3) is 0 Å². The number of carbonyl (C=O) groups excluding carboxylic acids is 1. The molecule has 0 N–H and O–H groups in total. The second-order valence-corrected chi connectivity index (χ2v) is 6.30. The highest BCUT2D eigenvalue weighted by atomic mass is 16.2. The smallest absolute Gasteiger partial charge is 0.257 e. The van der Waals surface area contributed by atoms with Crippen LogP contribution in [0, 0.1) is 0 Å². The van der Waals surface area contributed by atoms with Gasteiger partial charge in [0.1, 0.15) is 0 Å². The minimum atomic E-state index is 0.120. The fourth-order valence-electron chi connectivity index (χ4n) is 3.20. The third-order valence-corrected chi connectivity index (χ3v) is 4.59. The van der Waals surface area contributed by atoms with Crippen LogP contribution in [0.1, 0.15) is 35.0 Å². The molecule has 0 atom stereocenters. The number of hydrogen-bond donors (Lipinski definition) is 0. The van der Waals surface area contributed by atoms with E-state index in [0.29, 0.717) is 0 Å². The van der Waals surface area contributed by atoms with E-state index in [2.05, 4.69) is 21.9 Å². The van der Waals surface area contributed by atoms with E-state index < -0.39 is 0 Å². The van der Waals surface area contributed by atoms with E-state index in [0.717, 1.165) is 56.8 Å². The van der Waals surface area contributed by atoms with Gasteiger partial charge >= 0.3 is 0 Å². The number of rotatable bonds is 5. The van der Waals surface area contributed by atoms with Crippen LogP contribution in [0.2, 0.25) is 0 Å². The molecule has 0 radical (unpaired) electrons. The molecular weight excluding hydrogens is 302 g/mol. The van der Waals surface area contributed by atoms with E-state index in [1.165, 1.54) is 5.56 Å². The summed E-state index contributed by atoms with van der Waals surface area (Å²) >= 11 is 0. The van der Waals surface area contributed by atoms with Crippen LogP contribution in [0.3, 0.4) is 0 Å². The monoisotopic (exact) mass is 327 g/mol. The Kier molecular flexibility index (Phi) is 5.25. The Morgan fingerprint density at radius 1 is 1.17 bits per heavy atom. The Morgan fingerprint density at radius 2 is 1.88 bits per heavy atom. The average molecular weight is 327 g/mol.